The number of hydrogen-bond donors (Lipinski definition) is 0. The molecule has 0 saturated heterocycles. The highest BCUT2D eigenvalue weighted by Gasteiger charge is 2.27. The Hall–Kier alpha value is -0.630. The van der Waals surface area contributed by atoms with Gasteiger partial charge in [-0.15, -0.1) is 0 Å². The third-order valence-corrected chi connectivity index (χ3v) is 4.94. The first kappa shape index (κ1) is 16.7. The molecule has 0 bridgehead atoms. The first-order valence-electron chi connectivity index (χ1n) is 6.04. The van der Waals surface area contributed by atoms with Crippen molar-refractivity contribution in [1.29, 1.82) is 0 Å². The van der Waals surface area contributed by atoms with E-state index in [1.54, 1.807) is 18.3 Å². The third-order valence-electron chi connectivity index (χ3n) is 2.63. The molecule has 0 aromatic carbocycles. The van der Waals surface area contributed by atoms with Gasteiger partial charge in [-0.1, -0.05) is 25.4 Å². The summed E-state index contributed by atoms with van der Waals surface area (Å²) in [5.41, 5.74) is 0.342. The fourth-order valence-electron chi connectivity index (χ4n) is 1.83. The standard InChI is InChI=1S/C12H12BrCl2N3O2S/c1-7(2)5-9-11(21(15,19)20)12(14)18(17-9)10-4-3-8(13)6-16-10/h3-4,6-7H,5H2,1-2H3. The predicted octanol–water partition coefficient (Wildman–Crippen LogP) is 3.81. The zero-order valence-electron chi connectivity index (χ0n) is 11.2. The van der Waals surface area contributed by atoms with Crippen molar-refractivity contribution >= 4 is 47.3 Å². The molecule has 0 aliphatic carbocycles. The normalized spacial score (nSPS) is 12.1. The molecule has 21 heavy (non-hydrogen) atoms. The number of pyridine rings is 1. The quantitative estimate of drug-likeness (QED) is 0.716. The van der Waals surface area contributed by atoms with Crippen LogP contribution >= 0.6 is 38.2 Å². The lowest BCUT2D eigenvalue weighted by Gasteiger charge is -2.02. The smallest absolute Gasteiger partial charge is 0.236 e. The monoisotopic (exact) mass is 411 g/mol. The highest BCUT2D eigenvalue weighted by atomic mass is 79.9. The molecule has 5 nitrogen and oxygen atoms in total. The molecular formula is C12H12BrCl2N3O2S. The minimum atomic E-state index is -3.99. The Morgan fingerprint density at radius 2 is 2.05 bits per heavy atom. The van der Waals surface area contributed by atoms with E-state index in [0.717, 1.165) is 4.47 Å². The predicted molar refractivity (Wildman–Crippen MR) is 85.6 cm³/mol. The van der Waals surface area contributed by atoms with Gasteiger partial charge in [0, 0.05) is 21.4 Å². The van der Waals surface area contributed by atoms with Crippen molar-refractivity contribution in [2.24, 2.45) is 5.92 Å². The van der Waals surface area contributed by atoms with Crippen molar-refractivity contribution in [1.82, 2.24) is 14.8 Å². The summed E-state index contributed by atoms with van der Waals surface area (Å²) in [4.78, 5) is 4.01. The summed E-state index contributed by atoms with van der Waals surface area (Å²) < 4.78 is 25.6. The van der Waals surface area contributed by atoms with E-state index in [1.807, 2.05) is 13.8 Å². The van der Waals surface area contributed by atoms with Gasteiger partial charge in [0.1, 0.15) is 4.90 Å². The van der Waals surface area contributed by atoms with Crippen LogP contribution in [-0.4, -0.2) is 23.2 Å². The molecule has 2 aromatic rings. The summed E-state index contributed by atoms with van der Waals surface area (Å²) in [5.74, 6) is 0.624. The fourth-order valence-corrected chi connectivity index (χ4v) is 3.90. The van der Waals surface area contributed by atoms with Gasteiger partial charge in [0.05, 0.1) is 5.69 Å². The van der Waals surface area contributed by atoms with Crippen molar-refractivity contribution in [2.45, 2.75) is 25.2 Å². The molecule has 0 radical (unpaired) electrons. The SMILES string of the molecule is CC(C)Cc1nn(-c2ccc(Br)cn2)c(Cl)c1S(=O)(=O)Cl. The van der Waals surface area contributed by atoms with E-state index in [9.17, 15) is 8.42 Å². The Kier molecular flexibility index (Phi) is 4.97. The maximum Gasteiger partial charge on any atom is 0.266 e. The van der Waals surface area contributed by atoms with Crippen LogP contribution in [0.3, 0.4) is 0 Å². The molecule has 2 aromatic heterocycles. The molecule has 0 fully saturated rings. The lowest BCUT2D eigenvalue weighted by atomic mass is 10.1. The third kappa shape index (κ3) is 3.77. The zero-order valence-corrected chi connectivity index (χ0v) is 15.1. The van der Waals surface area contributed by atoms with Gasteiger partial charge in [0.25, 0.3) is 9.05 Å². The molecule has 9 heteroatoms. The van der Waals surface area contributed by atoms with Crippen LogP contribution in [0.1, 0.15) is 19.5 Å². The number of halogens is 3. The molecule has 2 rings (SSSR count). The minimum absolute atomic E-state index is 0.0597. The molecule has 0 saturated carbocycles. The minimum Gasteiger partial charge on any atom is -0.236 e. The van der Waals surface area contributed by atoms with Crippen molar-refractivity contribution < 1.29 is 8.42 Å². The Morgan fingerprint density at radius 3 is 2.52 bits per heavy atom. The summed E-state index contributed by atoms with van der Waals surface area (Å²) >= 11 is 9.44. The van der Waals surface area contributed by atoms with E-state index in [1.165, 1.54) is 4.68 Å². The van der Waals surface area contributed by atoms with Gasteiger partial charge < -0.3 is 0 Å². The summed E-state index contributed by atoms with van der Waals surface area (Å²) in [6.07, 6.45) is 2.02. The lowest BCUT2D eigenvalue weighted by molar-refractivity contribution is 0.600. The lowest BCUT2D eigenvalue weighted by Crippen LogP contribution is -2.02. The Morgan fingerprint density at radius 1 is 1.38 bits per heavy atom. The molecule has 0 amide bonds. The topological polar surface area (TPSA) is 64.8 Å². The van der Waals surface area contributed by atoms with E-state index < -0.39 is 9.05 Å². The number of aromatic nitrogens is 3. The van der Waals surface area contributed by atoms with Crippen molar-refractivity contribution in [3.05, 3.63) is 33.6 Å². The average Bonchev–Trinajstić information content (AvgIpc) is 2.66. The average molecular weight is 413 g/mol. The second-order valence-corrected chi connectivity index (χ2v) is 8.63. The van der Waals surface area contributed by atoms with Gasteiger partial charge in [-0.05, 0) is 40.4 Å². The Bertz CT molecular complexity index is 758. The highest BCUT2D eigenvalue weighted by molar-refractivity contribution is 9.10. The maximum absolute atomic E-state index is 11.8. The van der Waals surface area contributed by atoms with Gasteiger partial charge in [-0.2, -0.15) is 5.10 Å². The molecule has 0 spiro atoms. The van der Waals surface area contributed by atoms with Crippen molar-refractivity contribution in [3.8, 4) is 5.82 Å². The van der Waals surface area contributed by atoms with Gasteiger partial charge in [-0.25, -0.2) is 18.1 Å². The van der Waals surface area contributed by atoms with E-state index >= 15 is 0 Å². The van der Waals surface area contributed by atoms with Crippen molar-refractivity contribution in [2.75, 3.05) is 0 Å². The van der Waals surface area contributed by atoms with Crippen LogP contribution in [0, 0.1) is 5.92 Å². The molecule has 0 aliphatic rings. The summed E-state index contributed by atoms with van der Waals surface area (Å²) in [6, 6.07) is 3.43. The van der Waals surface area contributed by atoms with Crippen LogP contribution in [0.4, 0.5) is 0 Å². The number of nitrogens with zero attached hydrogens (tertiary/aromatic N) is 3. The Labute approximate surface area is 140 Å². The van der Waals surface area contributed by atoms with Crippen LogP contribution in [0.2, 0.25) is 5.15 Å². The van der Waals surface area contributed by atoms with Crippen LogP contribution in [-0.2, 0) is 15.5 Å². The second-order valence-electron chi connectivity index (χ2n) is 4.85. The van der Waals surface area contributed by atoms with Gasteiger partial charge in [0.2, 0.25) is 0 Å². The largest absolute Gasteiger partial charge is 0.266 e. The second kappa shape index (κ2) is 6.24. The zero-order chi connectivity index (χ0) is 15.8. The first-order valence-corrected chi connectivity index (χ1v) is 9.52. The maximum atomic E-state index is 11.8. The van der Waals surface area contributed by atoms with Crippen LogP contribution in [0.5, 0.6) is 0 Å². The summed E-state index contributed by atoms with van der Waals surface area (Å²) in [5, 5.41) is 4.20. The highest BCUT2D eigenvalue weighted by Crippen LogP contribution is 2.31. The molecule has 0 N–H and O–H groups in total. The molecule has 114 valence electrons. The van der Waals surface area contributed by atoms with Crippen LogP contribution in [0.25, 0.3) is 5.82 Å². The van der Waals surface area contributed by atoms with E-state index in [4.69, 9.17) is 22.3 Å². The van der Waals surface area contributed by atoms with Gasteiger partial charge >= 0.3 is 0 Å². The van der Waals surface area contributed by atoms with Crippen LogP contribution < -0.4 is 0 Å². The van der Waals surface area contributed by atoms with Crippen molar-refractivity contribution in [3.63, 3.8) is 0 Å². The first-order chi connectivity index (χ1) is 9.70. The molecular weight excluding hydrogens is 401 g/mol. The summed E-state index contributed by atoms with van der Waals surface area (Å²) in [6.45, 7) is 3.91. The van der Waals surface area contributed by atoms with E-state index in [-0.39, 0.29) is 16.0 Å². The van der Waals surface area contributed by atoms with E-state index in [2.05, 4.69) is 26.0 Å². The van der Waals surface area contributed by atoms with Gasteiger partial charge in [-0.3, -0.25) is 0 Å². The van der Waals surface area contributed by atoms with E-state index in [0.29, 0.717) is 17.9 Å². The molecule has 0 atom stereocenters. The van der Waals surface area contributed by atoms with Gasteiger partial charge in [0.15, 0.2) is 11.0 Å². The fraction of sp³-hybridized carbons (Fsp3) is 0.333. The number of hydrogen-bond acceptors (Lipinski definition) is 4. The molecule has 0 aliphatic heterocycles. The van der Waals surface area contributed by atoms with Crippen LogP contribution in [0.15, 0.2) is 27.7 Å². The molecule has 2 heterocycles. The molecule has 0 unspecified atom stereocenters. The summed E-state index contributed by atoms with van der Waals surface area (Å²) in [7, 11) is 1.50. The Balaban J connectivity index is 2.64. The number of rotatable bonds is 4.